The van der Waals surface area contributed by atoms with Crippen LogP contribution in [0.15, 0.2) is 0 Å². The first-order valence-corrected chi connectivity index (χ1v) is 6.92. The van der Waals surface area contributed by atoms with Crippen LogP contribution in [0.25, 0.3) is 0 Å². The number of hydrogen-bond acceptors (Lipinski definition) is 3. The molecule has 0 aromatic rings. The summed E-state index contributed by atoms with van der Waals surface area (Å²) in [4.78, 5) is 13.9. The van der Waals surface area contributed by atoms with Crippen LogP contribution in [0.2, 0.25) is 0 Å². The molecule has 4 nitrogen and oxygen atoms in total. The monoisotopic (exact) mass is 242 g/mol. The zero-order valence-corrected chi connectivity index (χ0v) is 11.0. The Morgan fingerprint density at radius 3 is 2.82 bits per heavy atom. The number of amides is 1. The smallest absolute Gasteiger partial charge is 0.239 e. The number of rotatable bonds is 9. The number of likely N-dealkylation sites (tertiary alicyclic amines) is 1. The molecule has 0 saturated carbocycles. The van der Waals surface area contributed by atoms with Crippen LogP contribution >= 0.6 is 0 Å². The van der Waals surface area contributed by atoms with Crippen LogP contribution in [0.1, 0.15) is 45.4 Å². The average Bonchev–Trinajstić information content (AvgIpc) is 2.68. The molecule has 0 aromatic carbocycles. The van der Waals surface area contributed by atoms with Gasteiger partial charge in [0.25, 0.3) is 0 Å². The van der Waals surface area contributed by atoms with Crippen LogP contribution in [-0.2, 0) is 4.79 Å². The number of unbranched alkanes of at least 4 members (excludes halogenated alkanes) is 3. The second-order valence-electron chi connectivity index (χ2n) is 4.76. The Bertz CT molecular complexity index is 221. The van der Waals surface area contributed by atoms with Gasteiger partial charge in [0, 0.05) is 19.7 Å². The van der Waals surface area contributed by atoms with Gasteiger partial charge in [0.1, 0.15) is 0 Å². The maximum absolute atomic E-state index is 12.0. The van der Waals surface area contributed by atoms with Crippen LogP contribution in [0.4, 0.5) is 0 Å². The predicted molar refractivity (Wildman–Crippen MR) is 68.8 cm³/mol. The molecule has 1 aliphatic rings. The van der Waals surface area contributed by atoms with E-state index in [0.717, 1.165) is 58.2 Å². The minimum Gasteiger partial charge on any atom is -0.396 e. The molecule has 1 fully saturated rings. The summed E-state index contributed by atoms with van der Waals surface area (Å²) in [6.07, 6.45) is 6.15. The van der Waals surface area contributed by atoms with Crippen molar-refractivity contribution in [3.8, 4) is 0 Å². The summed E-state index contributed by atoms with van der Waals surface area (Å²) >= 11 is 0. The van der Waals surface area contributed by atoms with Crippen molar-refractivity contribution in [3.05, 3.63) is 0 Å². The molecule has 0 radical (unpaired) electrons. The van der Waals surface area contributed by atoms with E-state index in [2.05, 4.69) is 12.2 Å². The highest BCUT2D eigenvalue weighted by Gasteiger charge is 2.30. The van der Waals surface area contributed by atoms with E-state index in [1.807, 2.05) is 4.90 Å². The number of aliphatic hydroxyl groups excluding tert-OH is 1. The van der Waals surface area contributed by atoms with E-state index in [1.165, 1.54) is 0 Å². The minimum atomic E-state index is 0.0624. The molecule has 2 N–H and O–H groups in total. The molecular formula is C13H26N2O2. The average molecular weight is 242 g/mol. The van der Waals surface area contributed by atoms with Crippen molar-refractivity contribution >= 4 is 5.91 Å². The fourth-order valence-electron chi connectivity index (χ4n) is 2.24. The number of carbonyl (C=O) groups is 1. The van der Waals surface area contributed by atoms with Crippen molar-refractivity contribution in [2.75, 3.05) is 26.2 Å². The highest BCUT2D eigenvalue weighted by atomic mass is 16.2. The van der Waals surface area contributed by atoms with Crippen molar-refractivity contribution in [2.24, 2.45) is 0 Å². The fourth-order valence-corrected chi connectivity index (χ4v) is 2.24. The predicted octanol–water partition coefficient (Wildman–Crippen LogP) is 1.14. The lowest BCUT2D eigenvalue weighted by molar-refractivity contribution is -0.129. The summed E-state index contributed by atoms with van der Waals surface area (Å²) in [5.74, 6) is 0.278. The Kier molecular flexibility index (Phi) is 7.21. The van der Waals surface area contributed by atoms with Gasteiger partial charge in [0.05, 0.1) is 6.04 Å². The van der Waals surface area contributed by atoms with Crippen molar-refractivity contribution < 1.29 is 9.90 Å². The third kappa shape index (κ3) is 5.04. The van der Waals surface area contributed by atoms with Crippen LogP contribution in [0.3, 0.4) is 0 Å². The van der Waals surface area contributed by atoms with Crippen LogP contribution < -0.4 is 5.32 Å². The maximum Gasteiger partial charge on any atom is 0.239 e. The lowest BCUT2D eigenvalue weighted by Gasteiger charge is -2.16. The summed E-state index contributed by atoms with van der Waals surface area (Å²) in [7, 11) is 0. The first kappa shape index (κ1) is 14.5. The zero-order valence-electron chi connectivity index (χ0n) is 11.0. The number of carbonyl (C=O) groups excluding carboxylic acids is 1. The molecule has 0 spiro atoms. The molecule has 1 rings (SSSR count). The van der Waals surface area contributed by atoms with E-state index in [1.54, 1.807) is 0 Å². The lowest BCUT2D eigenvalue weighted by atomic mass is 10.2. The van der Waals surface area contributed by atoms with Gasteiger partial charge in [-0.3, -0.25) is 4.79 Å². The topological polar surface area (TPSA) is 52.6 Å². The Balaban J connectivity index is 2.12. The molecule has 17 heavy (non-hydrogen) atoms. The van der Waals surface area contributed by atoms with Gasteiger partial charge in [-0.25, -0.2) is 0 Å². The van der Waals surface area contributed by atoms with Gasteiger partial charge in [-0.1, -0.05) is 19.8 Å². The summed E-state index contributed by atoms with van der Waals surface area (Å²) in [5.41, 5.74) is 0. The standard InChI is InChI=1S/C13H26N2O2/c1-2-8-14-12-7-10-15(13(12)17)9-5-3-4-6-11-16/h12,14,16H,2-11H2,1H3. The van der Waals surface area contributed by atoms with Gasteiger partial charge < -0.3 is 15.3 Å². The van der Waals surface area contributed by atoms with Crippen LogP contribution in [0, 0.1) is 0 Å². The summed E-state index contributed by atoms with van der Waals surface area (Å²) in [6, 6.07) is 0.0624. The molecule has 0 bridgehead atoms. The summed E-state index contributed by atoms with van der Waals surface area (Å²) < 4.78 is 0. The third-order valence-corrected chi connectivity index (χ3v) is 3.27. The number of hydrogen-bond donors (Lipinski definition) is 2. The third-order valence-electron chi connectivity index (χ3n) is 3.27. The summed E-state index contributed by atoms with van der Waals surface area (Å²) in [5, 5.41) is 12.0. The second kappa shape index (κ2) is 8.48. The first-order valence-electron chi connectivity index (χ1n) is 6.92. The summed E-state index contributed by atoms with van der Waals surface area (Å²) in [6.45, 7) is 5.12. The van der Waals surface area contributed by atoms with Crippen molar-refractivity contribution in [1.29, 1.82) is 0 Å². The van der Waals surface area contributed by atoms with Gasteiger partial charge in [-0.05, 0) is 32.2 Å². The van der Waals surface area contributed by atoms with E-state index in [4.69, 9.17) is 5.11 Å². The Morgan fingerprint density at radius 2 is 2.12 bits per heavy atom. The largest absolute Gasteiger partial charge is 0.396 e. The number of aliphatic hydroxyl groups is 1. The molecule has 4 heteroatoms. The van der Waals surface area contributed by atoms with Gasteiger partial charge in [-0.2, -0.15) is 0 Å². The Labute approximate surface area is 104 Å². The molecule has 1 amide bonds. The van der Waals surface area contributed by atoms with E-state index in [-0.39, 0.29) is 18.6 Å². The SMILES string of the molecule is CCCNC1CCN(CCCCCCO)C1=O. The maximum atomic E-state index is 12.0. The molecule has 1 aliphatic heterocycles. The van der Waals surface area contributed by atoms with Crippen molar-refractivity contribution in [3.63, 3.8) is 0 Å². The molecule has 0 aromatic heterocycles. The molecule has 1 saturated heterocycles. The van der Waals surface area contributed by atoms with E-state index in [9.17, 15) is 4.79 Å². The van der Waals surface area contributed by atoms with Gasteiger partial charge in [-0.15, -0.1) is 0 Å². The molecule has 1 heterocycles. The molecular weight excluding hydrogens is 216 g/mol. The normalized spacial score (nSPS) is 20.2. The van der Waals surface area contributed by atoms with Gasteiger partial charge in [0.15, 0.2) is 0 Å². The molecule has 0 aliphatic carbocycles. The quantitative estimate of drug-likeness (QED) is 0.596. The molecule has 1 atom stereocenters. The van der Waals surface area contributed by atoms with Crippen molar-refractivity contribution in [2.45, 2.75) is 51.5 Å². The Hall–Kier alpha value is -0.610. The molecule has 1 unspecified atom stereocenters. The van der Waals surface area contributed by atoms with Gasteiger partial charge >= 0.3 is 0 Å². The first-order chi connectivity index (χ1) is 8.29. The lowest BCUT2D eigenvalue weighted by Crippen LogP contribution is -2.38. The fraction of sp³-hybridized carbons (Fsp3) is 0.923. The van der Waals surface area contributed by atoms with E-state index in [0.29, 0.717) is 0 Å². The van der Waals surface area contributed by atoms with Crippen LogP contribution in [-0.4, -0.2) is 48.2 Å². The van der Waals surface area contributed by atoms with E-state index < -0.39 is 0 Å². The van der Waals surface area contributed by atoms with Crippen LogP contribution in [0.5, 0.6) is 0 Å². The number of nitrogens with one attached hydrogen (secondary N) is 1. The minimum absolute atomic E-state index is 0.0624. The van der Waals surface area contributed by atoms with Crippen molar-refractivity contribution in [1.82, 2.24) is 10.2 Å². The second-order valence-corrected chi connectivity index (χ2v) is 4.76. The Morgan fingerprint density at radius 1 is 1.35 bits per heavy atom. The highest BCUT2D eigenvalue weighted by Crippen LogP contribution is 2.12. The highest BCUT2D eigenvalue weighted by molar-refractivity contribution is 5.83. The van der Waals surface area contributed by atoms with E-state index >= 15 is 0 Å². The zero-order chi connectivity index (χ0) is 12.5. The van der Waals surface area contributed by atoms with Gasteiger partial charge in [0.2, 0.25) is 5.91 Å². The number of nitrogens with zero attached hydrogens (tertiary/aromatic N) is 1. The molecule has 100 valence electrons.